The van der Waals surface area contributed by atoms with E-state index in [9.17, 15) is 19.2 Å². The van der Waals surface area contributed by atoms with Gasteiger partial charge in [0, 0.05) is 18.2 Å². The zero-order valence-corrected chi connectivity index (χ0v) is 32.3. The molecule has 14 nitrogen and oxygen atoms in total. The van der Waals surface area contributed by atoms with Crippen LogP contribution in [0, 0.1) is 11.8 Å². The van der Waals surface area contributed by atoms with Crippen molar-refractivity contribution in [1.29, 1.82) is 0 Å². The Morgan fingerprint density at radius 3 is 2.25 bits per heavy atom. The first kappa shape index (κ1) is 37.0. The van der Waals surface area contributed by atoms with Crippen molar-refractivity contribution >= 4 is 45.8 Å². The number of H-pyrrole nitrogens is 2. The van der Waals surface area contributed by atoms with Gasteiger partial charge in [-0.3, -0.25) is 9.59 Å². The van der Waals surface area contributed by atoms with E-state index in [2.05, 4.69) is 69.1 Å². The number of likely N-dealkylation sites (tertiary alicyclic amines) is 2. The Morgan fingerprint density at radius 1 is 0.804 bits per heavy atom. The summed E-state index contributed by atoms with van der Waals surface area (Å²) < 4.78 is 9.49. The van der Waals surface area contributed by atoms with Crippen molar-refractivity contribution in [3.05, 3.63) is 72.4 Å². The Morgan fingerprint density at radius 2 is 1.50 bits per heavy atom. The van der Waals surface area contributed by atoms with Crippen LogP contribution in [0.3, 0.4) is 0 Å². The zero-order chi connectivity index (χ0) is 39.2. The van der Waals surface area contributed by atoms with E-state index in [-0.39, 0.29) is 35.9 Å². The van der Waals surface area contributed by atoms with Crippen LogP contribution in [0.1, 0.15) is 76.6 Å². The molecule has 14 heteroatoms. The molecule has 56 heavy (non-hydrogen) atoms. The van der Waals surface area contributed by atoms with Crippen molar-refractivity contribution in [3.63, 3.8) is 0 Å². The normalized spacial score (nSPS) is 21.5. The predicted octanol–water partition coefficient (Wildman–Crippen LogP) is 6.61. The lowest BCUT2D eigenvalue weighted by molar-refractivity contribution is -0.138. The van der Waals surface area contributed by atoms with Gasteiger partial charge in [0.25, 0.3) is 0 Å². The van der Waals surface area contributed by atoms with Crippen LogP contribution >= 0.6 is 0 Å². The molecule has 3 aliphatic rings. The highest BCUT2D eigenvalue weighted by Gasteiger charge is 2.50. The van der Waals surface area contributed by atoms with Crippen molar-refractivity contribution in [2.75, 3.05) is 20.8 Å². The van der Waals surface area contributed by atoms with E-state index in [1.54, 1.807) is 6.92 Å². The molecule has 2 aliphatic heterocycles. The van der Waals surface area contributed by atoms with Crippen molar-refractivity contribution in [3.8, 4) is 22.4 Å². The first-order valence-electron chi connectivity index (χ1n) is 19.4. The maximum Gasteiger partial charge on any atom is 0.407 e. The Balaban J connectivity index is 0.995. The smallest absolute Gasteiger partial charge is 0.407 e. The number of imidazole rings is 2. The van der Waals surface area contributed by atoms with Gasteiger partial charge < -0.3 is 39.9 Å². The molecule has 2 bridgehead atoms. The molecule has 292 valence electrons. The van der Waals surface area contributed by atoms with Crippen LogP contribution in [0.2, 0.25) is 0 Å². The molecule has 8 rings (SSSR count). The van der Waals surface area contributed by atoms with Crippen LogP contribution in [0.15, 0.2) is 60.8 Å². The number of amides is 4. The third-order valence-electron chi connectivity index (χ3n) is 11.8. The summed E-state index contributed by atoms with van der Waals surface area (Å²) in [5.74, 6) is 1.45. The number of carbonyl (C=O) groups excluding carboxylic acids is 4. The van der Waals surface area contributed by atoms with E-state index < -0.39 is 24.3 Å². The molecule has 6 atom stereocenters. The quantitative estimate of drug-likeness (QED) is 0.130. The fourth-order valence-electron chi connectivity index (χ4n) is 8.96. The minimum atomic E-state index is -0.704. The van der Waals surface area contributed by atoms with Crippen LogP contribution in [-0.4, -0.2) is 92.6 Å². The highest BCUT2D eigenvalue weighted by atomic mass is 16.5. The second-order valence-corrected chi connectivity index (χ2v) is 15.6. The lowest BCUT2D eigenvalue weighted by Gasteiger charge is -2.36. The van der Waals surface area contributed by atoms with E-state index >= 15 is 0 Å². The summed E-state index contributed by atoms with van der Waals surface area (Å²) in [6, 6.07) is 17.3. The molecule has 2 saturated heterocycles. The number of alkyl carbamates (subject to hydrolysis) is 2. The van der Waals surface area contributed by atoms with Gasteiger partial charge in [-0.05, 0) is 97.0 Å². The van der Waals surface area contributed by atoms with Gasteiger partial charge in [0.05, 0.1) is 49.2 Å². The van der Waals surface area contributed by atoms with Crippen LogP contribution in [-0.2, 0) is 19.1 Å². The Labute approximate surface area is 324 Å². The second kappa shape index (κ2) is 15.0. The monoisotopic (exact) mass is 760 g/mol. The summed E-state index contributed by atoms with van der Waals surface area (Å²) in [7, 11) is 2.58. The molecule has 4 amide bonds. The van der Waals surface area contributed by atoms with Gasteiger partial charge in [-0.15, -0.1) is 0 Å². The van der Waals surface area contributed by atoms with Crippen LogP contribution in [0.4, 0.5) is 9.59 Å². The highest BCUT2D eigenvalue weighted by molar-refractivity contribution is 5.92. The van der Waals surface area contributed by atoms with Crippen molar-refractivity contribution in [2.45, 2.75) is 83.1 Å². The predicted molar refractivity (Wildman–Crippen MR) is 210 cm³/mol. The molecule has 0 spiro atoms. The summed E-state index contributed by atoms with van der Waals surface area (Å²) in [5.41, 5.74) is 5.70. The fraction of sp³-hybridized carbons (Fsp3) is 0.429. The molecule has 4 N–H and O–H groups in total. The van der Waals surface area contributed by atoms with Gasteiger partial charge in [0.15, 0.2) is 0 Å². The SMILES string of the molecule is COC(=O)N[C@@H](C)C(=O)N1[C@@H]2CC[C@H](C2)[C@H]1c1ncc(-c2ccc3cc(-c4ccc5nc([C@@H]6CCCN6C(=O)[C@@H](NC(=O)OC)C(C)C)[nH]c5c4)ccc3c2)[nH]1. The maximum absolute atomic E-state index is 13.6. The summed E-state index contributed by atoms with van der Waals surface area (Å²) in [6.45, 7) is 6.09. The Bertz CT molecular complexity index is 2320. The lowest BCUT2D eigenvalue weighted by Crippen LogP contribution is -2.51. The number of nitrogens with one attached hydrogen (secondary N) is 4. The van der Waals surface area contributed by atoms with E-state index in [1.807, 2.05) is 35.9 Å². The number of ether oxygens (including phenoxy) is 2. The average Bonchev–Trinajstić information content (AvgIpc) is 4.06. The second-order valence-electron chi connectivity index (χ2n) is 15.6. The van der Waals surface area contributed by atoms with Crippen LogP contribution in [0.5, 0.6) is 0 Å². The third kappa shape index (κ3) is 6.81. The number of piperidine rings is 1. The standard InChI is InChI=1S/C42H48N8O6/c1-22(2)35(48-42(54)56-5)40(52)49-16-6-7-34(49)37-45-31-15-13-27(20-32(31)46-37)25-8-9-26-18-28(11-10-24(26)17-25)33-21-43-38(47-33)36-29-12-14-30(19-29)50(36)39(51)23(3)44-41(53)55-4/h8-11,13,15,17-18,20-23,29-30,34-36H,6-7,12,14,16,19H2,1-5H3,(H,43,47)(H,44,53)(H,45,46)(H,48,54)/t23-,29+,30+,34-,35-,36-/m0/s1. The summed E-state index contributed by atoms with van der Waals surface area (Å²) in [6.07, 6.45) is 5.14. The molecular weight excluding hydrogens is 713 g/mol. The van der Waals surface area contributed by atoms with Crippen molar-refractivity contribution in [2.24, 2.45) is 11.8 Å². The van der Waals surface area contributed by atoms with E-state index in [4.69, 9.17) is 19.4 Å². The molecule has 1 saturated carbocycles. The maximum atomic E-state index is 13.6. The number of nitrogens with zero attached hydrogens (tertiary/aromatic N) is 4. The van der Waals surface area contributed by atoms with Gasteiger partial charge in [-0.2, -0.15) is 0 Å². The molecule has 2 aromatic heterocycles. The number of methoxy groups -OCH3 is 2. The molecule has 1 aliphatic carbocycles. The minimum Gasteiger partial charge on any atom is -0.453 e. The number of hydrogen-bond donors (Lipinski definition) is 4. The van der Waals surface area contributed by atoms with Gasteiger partial charge in [0.1, 0.15) is 23.7 Å². The molecule has 0 unspecified atom stereocenters. The summed E-state index contributed by atoms with van der Waals surface area (Å²) in [5, 5.41) is 7.51. The van der Waals surface area contributed by atoms with Gasteiger partial charge >= 0.3 is 12.2 Å². The number of rotatable bonds is 9. The Kier molecular flexibility index (Phi) is 9.89. The van der Waals surface area contributed by atoms with Crippen molar-refractivity contribution in [1.82, 2.24) is 40.4 Å². The number of fused-ring (bicyclic) bond motifs is 4. The minimum absolute atomic E-state index is 0.108. The van der Waals surface area contributed by atoms with E-state index in [0.29, 0.717) is 12.5 Å². The summed E-state index contributed by atoms with van der Waals surface area (Å²) in [4.78, 5) is 71.4. The molecular formula is C42H48N8O6. The number of benzene rings is 3. The van der Waals surface area contributed by atoms with E-state index in [0.717, 1.165) is 87.9 Å². The van der Waals surface area contributed by atoms with Crippen LogP contribution < -0.4 is 10.6 Å². The summed E-state index contributed by atoms with van der Waals surface area (Å²) >= 11 is 0. The molecule has 3 aromatic carbocycles. The lowest BCUT2D eigenvalue weighted by atomic mass is 9.97. The van der Waals surface area contributed by atoms with Crippen LogP contribution in [0.25, 0.3) is 44.2 Å². The molecule has 5 aromatic rings. The van der Waals surface area contributed by atoms with E-state index in [1.165, 1.54) is 14.2 Å². The zero-order valence-electron chi connectivity index (χ0n) is 32.3. The number of carbonyl (C=O) groups is 4. The highest BCUT2D eigenvalue weighted by Crippen LogP contribution is 2.50. The first-order chi connectivity index (χ1) is 27.0. The van der Waals surface area contributed by atoms with Gasteiger partial charge in [-0.25, -0.2) is 19.6 Å². The number of hydrogen-bond acceptors (Lipinski definition) is 8. The average molecular weight is 761 g/mol. The molecule has 3 fully saturated rings. The van der Waals surface area contributed by atoms with Crippen molar-refractivity contribution < 1.29 is 28.7 Å². The fourth-order valence-corrected chi connectivity index (χ4v) is 8.96. The molecule has 0 radical (unpaired) electrons. The number of aromatic nitrogens is 4. The molecule has 4 heterocycles. The first-order valence-corrected chi connectivity index (χ1v) is 19.4. The number of aromatic amines is 2. The Hall–Kier alpha value is -5.92. The van der Waals surface area contributed by atoms with Gasteiger partial charge in [-0.1, -0.05) is 44.2 Å². The third-order valence-corrected chi connectivity index (χ3v) is 11.8. The van der Waals surface area contributed by atoms with Gasteiger partial charge in [0.2, 0.25) is 11.8 Å². The largest absolute Gasteiger partial charge is 0.453 e. The topological polar surface area (TPSA) is 175 Å².